The summed E-state index contributed by atoms with van der Waals surface area (Å²) in [7, 11) is 1.64. The second kappa shape index (κ2) is 8.13. The van der Waals surface area contributed by atoms with Crippen LogP contribution in [0.25, 0.3) is 10.9 Å². The first-order chi connectivity index (χ1) is 14.5. The smallest absolute Gasteiger partial charge is 0.258 e. The molecule has 0 fully saturated rings. The van der Waals surface area contributed by atoms with E-state index >= 15 is 0 Å². The predicted molar refractivity (Wildman–Crippen MR) is 114 cm³/mol. The zero-order chi connectivity index (χ0) is 21.1. The SMILES string of the molecule is CN(Cc1nc2ccccc2c(=O)[nH]1)C(=O)c1ccc(C(=O)c2ccccc2)cc1. The number of carbonyl (C=O) groups excluding carboxylic acids is 2. The number of aromatic nitrogens is 2. The summed E-state index contributed by atoms with van der Waals surface area (Å²) in [6, 6.07) is 22.6. The van der Waals surface area contributed by atoms with Crippen LogP contribution in [0.15, 0.2) is 83.7 Å². The topological polar surface area (TPSA) is 83.1 Å². The molecule has 0 saturated heterocycles. The fraction of sp³-hybridized carbons (Fsp3) is 0.0833. The summed E-state index contributed by atoms with van der Waals surface area (Å²) in [6.07, 6.45) is 0. The van der Waals surface area contributed by atoms with Crippen molar-refractivity contribution >= 4 is 22.6 Å². The third-order valence-electron chi connectivity index (χ3n) is 4.83. The van der Waals surface area contributed by atoms with Gasteiger partial charge in [0.25, 0.3) is 11.5 Å². The molecule has 4 aromatic rings. The third kappa shape index (κ3) is 3.89. The van der Waals surface area contributed by atoms with Gasteiger partial charge in [-0.3, -0.25) is 14.4 Å². The quantitative estimate of drug-likeness (QED) is 0.523. The number of benzene rings is 3. The van der Waals surface area contributed by atoms with E-state index in [0.29, 0.717) is 33.4 Å². The van der Waals surface area contributed by atoms with Gasteiger partial charge in [0.05, 0.1) is 17.4 Å². The first-order valence-corrected chi connectivity index (χ1v) is 9.46. The Balaban J connectivity index is 1.50. The lowest BCUT2D eigenvalue weighted by Gasteiger charge is -2.17. The molecule has 4 rings (SSSR count). The van der Waals surface area contributed by atoms with Gasteiger partial charge in [-0.25, -0.2) is 4.98 Å². The summed E-state index contributed by atoms with van der Waals surface area (Å²) < 4.78 is 0. The maximum atomic E-state index is 12.8. The molecule has 1 amide bonds. The Morgan fingerprint density at radius 2 is 1.43 bits per heavy atom. The van der Waals surface area contributed by atoms with Crippen LogP contribution in [-0.2, 0) is 6.54 Å². The number of hydrogen-bond acceptors (Lipinski definition) is 4. The summed E-state index contributed by atoms with van der Waals surface area (Å²) in [5, 5.41) is 0.508. The minimum Gasteiger partial charge on any atom is -0.334 e. The highest BCUT2D eigenvalue weighted by Gasteiger charge is 2.15. The number of amides is 1. The number of para-hydroxylation sites is 1. The van der Waals surface area contributed by atoms with Crippen LogP contribution >= 0.6 is 0 Å². The number of rotatable bonds is 5. The molecule has 1 N–H and O–H groups in total. The van der Waals surface area contributed by atoms with E-state index in [1.54, 1.807) is 61.6 Å². The second-order valence-corrected chi connectivity index (χ2v) is 6.96. The second-order valence-electron chi connectivity index (χ2n) is 6.96. The van der Waals surface area contributed by atoms with Gasteiger partial charge >= 0.3 is 0 Å². The molecule has 148 valence electrons. The Hall–Kier alpha value is -4.06. The Bertz CT molecular complexity index is 1280. The lowest BCUT2D eigenvalue weighted by Crippen LogP contribution is -2.28. The molecule has 0 saturated carbocycles. The fourth-order valence-electron chi connectivity index (χ4n) is 3.25. The summed E-state index contributed by atoms with van der Waals surface area (Å²) in [5.74, 6) is 0.0795. The Morgan fingerprint density at radius 3 is 2.17 bits per heavy atom. The standard InChI is InChI=1S/C24H19N3O3/c1-27(15-21-25-20-10-6-5-9-19(20)23(29)26-21)24(30)18-13-11-17(12-14-18)22(28)16-7-3-2-4-8-16/h2-14H,15H2,1H3,(H,25,26,29). The van der Waals surface area contributed by atoms with E-state index in [1.165, 1.54) is 4.90 Å². The molecule has 0 aliphatic rings. The van der Waals surface area contributed by atoms with Gasteiger partial charge < -0.3 is 9.88 Å². The number of ketones is 1. The van der Waals surface area contributed by atoms with Gasteiger partial charge in [0.15, 0.2) is 5.78 Å². The van der Waals surface area contributed by atoms with Gasteiger partial charge in [0.2, 0.25) is 0 Å². The zero-order valence-electron chi connectivity index (χ0n) is 16.3. The Kier molecular flexibility index (Phi) is 5.22. The Labute approximate surface area is 172 Å². The van der Waals surface area contributed by atoms with Crippen molar-refractivity contribution in [2.45, 2.75) is 6.54 Å². The number of H-pyrrole nitrogens is 1. The van der Waals surface area contributed by atoms with Gasteiger partial charge in [-0.1, -0.05) is 54.6 Å². The van der Waals surface area contributed by atoms with E-state index < -0.39 is 0 Å². The van der Waals surface area contributed by atoms with Crippen LogP contribution in [0.3, 0.4) is 0 Å². The molecule has 1 heterocycles. The number of nitrogens with zero attached hydrogens (tertiary/aromatic N) is 2. The monoisotopic (exact) mass is 397 g/mol. The number of fused-ring (bicyclic) bond motifs is 1. The normalized spacial score (nSPS) is 10.7. The third-order valence-corrected chi connectivity index (χ3v) is 4.83. The number of hydrogen-bond donors (Lipinski definition) is 1. The molecule has 6 heteroatoms. The van der Waals surface area contributed by atoms with Crippen molar-refractivity contribution < 1.29 is 9.59 Å². The van der Waals surface area contributed by atoms with Crippen molar-refractivity contribution in [1.82, 2.24) is 14.9 Å². The molecular formula is C24H19N3O3. The molecule has 1 aromatic heterocycles. The van der Waals surface area contributed by atoms with E-state index in [2.05, 4.69) is 9.97 Å². The lowest BCUT2D eigenvalue weighted by atomic mass is 10.0. The minimum atomic E-state index is -0.236. The lowest BCUT2D eigenvalue weighted by molar-refractivity contribution is 0.0781. The Morgan fingerprint density at radius 1 is 0.833 bits per heavy atom. The van der Waals surface area contributed by atoms with Crippen molar-refractivity contribution in [3.8, 4) is 0 Å². The first-order valence-electron chi connectivity index (χ1n) is 9.46. The maximum absolute atomic E-state index is 12.8. The van der Waals surface area contributed by atoms with Crippen LogP contribution in [0, 0.1) is 0 Å². The summed E-state index contributed by atoms with van der Waals surface area (Å²) in [4.78, 5) is 46.1. The molecule has 0 atom stereocenters. The number of nitrogens with one attached hydrogen (secondary N) is 1. The molecular weight excluding hydrogens is 378 g/mol. The van der Waals surface area contributed by atoms with E-state index in [0.717, 1.165) is 0 Å². The number of carbonyl (C=O) groups is 2. The molecule has 0 unspecified atom stereocenters. The van der Waals surface area contributed by atoms with Gasteiger partial charge in [-0.15, -0.1) is 0 Å². The molecule has 0 bridgehead atoms. The predicted octanol–water partition coefficient (Wildman–Crippen LogP) is 3.43. The van der Waals surface area contributed by atoms with Crippen LogP contribution < -0.4 is 5.56 Å². The molecule has 0 aliphatic heterocycles. The molecule has 0 radical (unpaired) electrons. The van der Waals surface area contributed by atoms with Crippen LogP contribution in [0.4, 0.5) is 0 Å². The van der Waals surface area contributed by atoms with Crippen LogP contribution in [-0.4, -0.2) is 33.6 Å². The highest BCUT2D eigenvalue weighted by atomic mass is 16.2. The maximum Gasteiger partial charge on any atom is 0.258 e. The molecule has 3 aromatic carbocycles. The van der Waals surface area contributed by atoms with Gasteiger partial charge in [0, 0.05) is 23.7 Å². The zero-order valence-corrected chi connectivity index (χ0v) is 16.3. The summed E-state index contributed by atoms with van der Waals surface area (Å²) in [5.41, 5.74) is 1.91. The fourth-order valence-corrected chi connectivity index (χ4v) is 3.25. The van der Waals surface area contributed by atoms with Gasteiger partial charge in [-0.05, 0) is 24.3 Å². The molecule has 30 heavy (non-hydrogen) atoms. The number of aromatic amines is 1. The van der Waals surface area contributed by atoms with E-state index in [9.17, 15) is 14.4 Å². The average Bonchev–Trinajstić information content (AvgIpc) is 2.79. The average molecular weight is 397 g/mol. The van der Waals surface area contributed by atoms with Crippen molar-refractivity contribution in [3.05, 3.63) is 112 Å². The van der Waals surface area contributed by atoms with E-state index in [-0.39, 0.29) is 23.8 Å². The minimum absolute atomic E-state index is 0.0964. The van der Waals surface area contributed by atoms with Crippen molar-refractivity contribution in [2.75, 3.05) is 7.05 Å². The highest BCUT2D eigenvalue weighted by molar-refractivity contribution is 6.09. The van der Waals surface area contributed by atoms with E-state index in [1.807, 2.05) is 24.3 Å². The highest BCUT2D eigenvalue weighted by Crippen LogP contribution is 2.13. The van der Waals surface area contributed by atoms with Crippen molar-refractivity contribution in [2.24, 2.45) is 0 Å². The van der Waals surface area contributed by atoms with Gasteiger partial charge in [-0.2, -0.15) is 0 Å². The summed E-state index contributed by atoms with van der Waals surface area (Å²) in [6.45, 7) is 0.156. The first kappa shape index (κ1) is 19.3. The van der Waals surface area contributed by atoms with Gasteiger partial charge in [0.1, 0.15) is 5.82 Å². The largest absolute Gasteiger partial charge is 0.334 e. The van der Waals surface area contributed by atoms with Crippen LogP contribution in [0.5, 0.6) is 0 Å². The molecule has 0 aliphatic carbocycles. The van der Waals surface area contributed by atoms with Crippen molar-refractivity contribution in [1.29, 1.82) is 0 Å². The van der Waals surface area contributed by atoms with E-state index in [4.69, 9.17) is 0 Å². The van der Waals surface area contributed by atoms with Crippen LogP contribution in [0.1, 0.15) is 32.1 Å². The summed E-state index contributed by atoms with van der Waals surface area (Å²) >= 11 is 0. The molecule has 0 spiro atoms. The molecule has 6 nitrogen and oxygen atoms in total. The van der Waals surface area contributed by atoms with Crippen molar-refractivity contribution in [3.63, 3.8) is 0 Å². The van der Waals surface area contributed by atoms with Crippen LogP contribution in [0.2, 0.25) is 0 Å².